The van der Waals surface area contributed by atoms with Crippen molar-refractivity contribution in [3.63, 3.8) is 0 Å². The molecule has 0 atom stereocenters. The number of carbonyl (C=O) groups is 1. The lowest BCUT2D eigenvalue weighted by molar-refractivity contribution is -0.121. The van der Waals surface area contributed by atoms with Crippen molar-refractivity contribution in [1.29, 1.82) is 0 Å². The van der Waals surface area contributed by atoms with Crippen LogP contribution in [0.3, 0.4) is 0 Å². The first-order valence-electron chi connectivity index (χ1n) is 7.77. The number of aryl methyl sites for hydroxylation is 1. The summed E-state index contributed by atoms with van der Waals surface area (Å²) < 4.78 is 14.0. The maximum atomic E-state index is 12.8. The Morgan fingerprint density at radius 3 is 2.44 bits per heavy atom. The van der Waals surface area contributed by atoms with Gasteiger partial charge in [0.1, 0.15) is 5.82 Å². The van der Waals surface area contributed by atoms with Crippen molar-refractivity contribution in [1.82, 2.24) is 15.1 Å². The van der Waals surface area contributed by atoms with Gasteiger partial charge in [-0.15, -0.1) is 0 Å². The largest absolute Gasteiger partial charge is 0.352 e. The zero-order chi connectivity index (χ0) is 17.8. The second-order valence-corrected chi connectivity index (χ2v) is 5.60. The molecule has 1 heterocycles. The maximum absolute atomic E-state index is 12.8. The van der Waals surface area contributed by atoms with E-state index in [1.54, 1.807) is 36.4 Å². The minimum absolute atomic E-state index is 0.0371. The number of nitrogens with one attached hydrogen (secondary N) is 2. The number of aromatic amines is 1. The molecule has 0 aliphatic carbocycles. The lowest BCUT2D eigenvalue weighted by Crippen LogP contribution is -2.32. The average Bonchev–Trinajstić information content (AvgIpc) is 2.63. The summed E-state index contributed by atoms with van der Waals surface area (Å²) in [5.74, 6) is -0.611. The topological polar surface area (TPSA) is 84.0 Å². The summed E-state index contributed by atoms with van der Waals surface area (Å²) in [5, 5.41) is 5.81. The minimum Gasteiger partial charge on any atom is -0.352 e. The molecule has 0 radical (unpaired) electrons. The molecule has 1 amide bonds. The number of H-pyrrole nitrogens is 1. The molecule has 2 N–H and O–H groups in total. The van der Waals surface area contributed by atoms with Gasteiger partial charge >= 0.3 is 0 Å². The summed E-state index contributed by atoms with van der Waals surface area (Å²) >= 11 is 0. The number of halogens is 1. The van der Waals surface area contributed by atoms with Gasteiger partial charge in [0.15, 0.2) is 0 Å². The molecule has 128 valence electrons. The SMILES string of the molecule is O=C(CCn1[nH]c(=O)c2ccccc2c1=O)NCc1ccc(F)cc1. The summed E-state index contributed by atoms with van der Waals surface area (Å²) in [6, 6.07) is 12.3. The highest BCUT2D eigenvalue weighted by atomic mass is 19.1. The number of nitrogens with zero attached hydrogens (tertiary/aromatic N) is 1. The fourth-order valence-corrected chi connectivity index (χ4v) is 2.51. The predicted octanol–water partition coefficient (Wildman–Crippen LogP) is 1.54. The lowest BCUT2D eigenvalue weighted by Gasteiger charge is -2.08. The van der Waals surface area contributed by atoms with E-state index in [2.05, 4.69) is 10.4 Å². The Kier molecular flexibility index (Phi) is 4.74. The van der Waals surface area contributed by atoms with Gasteiger partial charge in [0.2, 0.25) is 5.91 Å². The van der Waals surface area contributed by atoms with Crippen LogP contribution in [0.25, 0.3) is 10.8 Å². The summed E-state index contributed by atoms with van der Waals surface area (Å²) in [6.45, 7) is 0.330. The monoisotopic (exact) mass is 341 g/mol. The van der Waals surface area contributed by atoms with Crippen LogP contribution in [0.5, 0.6) is 0 Å². The summed E-state index contributed by atoms with van der Waals surface area (Å²) in [5.41, 5.74) is 0.0504. The highest BCUT2D eigenvalue weighted by Gasteiger charge is 2.08. The van der Waals surface area contributed by atoms with Gasteiger partial charge in [0.25, 0.3) is 11.1 Å². The molecule has 0 aliphatic rings. The normalized spacial score (nSPS) is 10.8. The second kappa shape index (κ2) is 7.12. The molecular weight excluding hydrogens is 325 g/mol. The molecule has 2 aromatic carbocycles. The third-order valence-corrected chi connectivity index (χ3v) is 3.85. The number of rotatable bonds is 5. The highest BCUT2D eigenvalue weighted by Crippen LogP contribution is 2.03. The number of amides is 1. The number of hydrogen-bond acceptors (Lipinski definition) is 3. The van der Waals surface area contributed by atoms with E-state index in [1.165, 1.54) is 12.1 Å². The molecular formula is C18H16FN3O3. The smallest absolute Gasteiger partial charge is 0.273 e. The molecule has 0 unspecified atom stereocenters. The summed E-state index contributed by atoms with van der Waals surface area (Å²) in [4.78, 5) is 36.2. The van der Waals surface area contributed by atoms with Crippen LogP contribution in [0.2, 0.25) is 0 Å². The zero-order valence-corrected chi connectivity index (χ0v) is 13.3. The molecule has 25 heavy (non-hydrogen) atoms. The second-order valence-electron chi connectivity index (χ2n) is 5.60. The summed E-state index contributed by atoms with van der Waals surface area (Å²) in [7, 11) is 0. The van der Waals surface area contributed by atoms with Gasteiger partial charge in [-0.1, -0.05) is 24.3 Å². The zero-order valence-electron chi connectivity index (χ0n) is 13.3. The van der Waals surface area contributed by atoms with Crippen molar-refractivity contribution < 1.29 is 9.18 Å². The van der Waals surface area contributed by atoms with Crippen LogP contribution in [-0.4, -0.2) is 15.7 Å². The first-order chi connectivity index (χ1) is 12.0. The van der Waals surface area contributed by atoms with Crippen LogP contribution in [0.1, 0.15) is 12.0 Å². The predicted molar refractivity (Wildman–Crippen MR) is 91.7 cm³/mol. The Morgan fingerprint density at radius 2 is 1.72 bits per heavy atom. The Morgan fingerprint density at radius 1 is 1.04 bits per heavy atom. The quantitative estimate of drug-likeness (QED) is 0.738. The maximum Gasteiger partial charge on any atom is 0.273 e. The van der Waals surface area contributed by atoms with E-state index in [4.69, 9.17) is 0 Å². The fraction of sp³-hybridized carbons (Fsp3) is 0.167. The van der Waals surface area contributed by atoms with Gasteiger partial charge < -0.3 is 5.32 Å². The Bertz CT molecular complexity index is 1020. The number of aromatic nitrogens is 2. The Hall–Kier alpha value is -3.22. The Balaban J connectivity index is 1.65. The van der Waals surface area contributed by atoms with Crippen LogP contribution in [-0.2, 0) is 17.9 Å². The van der Waals surface area contributed by atoms with Crippen molar-refractivity contribution in [2.45, 2.75) is 19.5 Å². The van der Waals surface area contributed by atoms with E-state index in [0.29, 0.717) is 10.8 Å². The molecule has 7 heteroatoms. The van der Waals surface area contributed by atoms with Crippen molar-refractivity contribution in [3.8, 4) is 0 Å². The molecule has 0 saturated heterocycles. The van der Waals surface area contributed by atoms with Crippen molar-refractivity contribution in [2.75, 3.05) is 0 Å². The number of fused-ring (bicyclic) bond motifs is 1. The van der Waals surface area contributed by atoms with Crippen molar-refractivity contribution >= 4 is 16.7 Å². The van der Waals surface area contributed by atoms with Gasteiger partial charge in [-0.3, -0.25) is 19.5 Å². The third-order valence-electron chi connectivity index (χ3n) is 3.85. The Labute approximate surface area is 141 Å². The first kappa shape index (κ1) is 16.6. The third kappa shape index (κ3) is 3.82. The highest BCUT2D eigenvalue weighted by molar-refractivity contribution is 5.80. The molecule has 1 aromatic heterocycles. The van der Waals surface area contributed by atoms with Crippen molar-refractivity contribution in [3.05, 3.63) is 80.6 Å². The molecule has 0 spiro atoms. The van der Waals surface area contributed by atoms with E-state index in [-0.39, 0.29) is 42.4 Å². The van der Waals surface area contributed by atoms with E-state index in [0.717, 1.165) is 10.2 Å². The van der Waals surface area contributed by atoms with Gasteiger partial charge in [0.05, 0.1) is 17.3 Å². The number of carbonyl (C=O) groups excluding carboxylic acids is 1. The fourth-order valence-electron chi connectivity index (χ4n) is 2.51. The van der Waals surface area contributed by atoms with Crippen LogP contribution in [0.4, 0.5) is 4.39 Å². The molecule has 3 aromatic rings. The van der Waals surface area contributed by atoms with Gasteiger partial charge in [-0.25, -0.2) is 9.07 Å². The van der Waals surface area contributed by atoms with Crippen LogP contribution < -0.4 is 16.4 Å². The van der Waals surface area contributed by atoms with Gasteiger partial charge in [0, 0.05) is 13.0 Å². The van der Waals surface area contributed by atoms with Gasteiger partial charge in [-0.05, 0) is 29.8 Å². The van der Waals surface area contributed by atoms with E-state index in [9.17, 15) is 18.8 Å². The number of hydrogen-bond donors (Lipinski definition) is 2. The van der Waals surface area contributed by atoms with Crippen LogP contribution in [0, 0.1) is 5.82 Å². The molecule has 0 aliphatic heterocycles. The van der Waals surface area contributed by atoms with Crippen molar-refractivity contribution in [2.24, 2.45) is 0 Å². The molecule has 0 bridgehead atoms. The van der Waals surface area contributed by atoms with Crippen LogP contribution >= 0.6 is 0 Å². The first-order valence-corrected chi connectivity index (χ1v) is 7.77. The van der Waals surface area contributed by atoms with E-state index < -0.39 is 0 Å². The van der Waals surface area contributed by atoms with Crippen LogP contribution in [0.15, 0.2) is 58.1 Å². The number of benzene rings is 2. The van der Waals surface area contributed by atoms with Gasteiger partial charge in [-0.2, -0.15) is 0 Å². The standard InChI is InChI=1S/C18H16FN3O3/c19-13-7-5-12(6-8-13)11-20-16(23)9-10-22-18(25)15-4-2-1-3-14(15)17(24)21-22/h1-8H,9-11H2,(H,20,23)(H,21,24). The van der Waals surface area contributed by atoms with E-state index in [1.807, 2.05) is 0 Å². The minimum atomic E-state index is -0.373. The molecule has 0 fully saturated rings. The van der Waals surface area contributed by atoms with E-state index >= 15 is 0 Å². The summed E-state index contributed by atoms with van der Waals surface area (Å²) in [6.07, 6.45) is 0.0371. The molecule has 0 saturated carbocycles. The molecule has 3 rings (SSSR count). The lowest BCUT2D eigenvalue weighted by atomic mass is 10.2. The molecule has 6 nitrogen and oxygen atoms in total. The average molecular weight is 341 g/mol.